The predicted octanol–water partition coefficient (Wildman–Crippen LogP) is 6.67. The quantitative estimate of drug-likeness (QED) is 0.543. The van der Waals surface area contributed by atoms with Gasteiger partial charge in [-0.25, -0.2) is 0 Å². The lowest BCUT2D eigenvalue weighted by atomic mass is 9.93. The summed E-state index contributed by atoms with van der Waals surface area (Å²) in [6.45, 7) is 4.48. The fourth-order valence-electron chi connectivity index (χ4n) is 3.02. The molecule has 0 saturated heterocycles. The number of benzene rings is 2. The summed E-state index contributed by atoms with van der Waals surface area (Å²) in [5.41, 5.74) is 5.03. The number of rotatable bonds is 2. The van der Waals surface area contributed by atoms with Crippen LogP contribution in [0.25, 0.3) is 11.1 Å². The highest BCUT2D eigenvalue weighted by Crippen LogP contribution is 2.28. The molecule has 22 heavy (non-hydrogen) atoms. The zero-order valence-corrected chi connectivity index (χ0v) is 15.1. The van der Waals surface area contributed by atoms with Crippen LogP contribution >= 0.6 is 9.24 Å². The first-order chi connectivity index (χ1) is 10.7. The fraction of sp³-hybridized carbons (Fsp3) is 0.429. The second kappa shape index (κ2) is 9.11. The van der Waals surface area contributed by atoms with Crippen molar-refractivity contribution >= 4 is 9.24 Å². The lowest BCUT2D eigenvalue weighted by Gasteiger charge is -2.15. The van der Waals surface area contributed by atoms with Crippen molar-refractivity contribution in [3.63, 3.8) is 0 Å². The molecular formula is C21H29P. The molecule has 2 aromatic rings. The van der Waals surface area contributed by atoms with Crippen LogP contribution in [-0.4, -0.2) is 5.66 Å². The van der Waals surface area contributed by atoms with E-state index >= 15 is 0 Å². The summed E-state index contributed by atoms with van der Waals surface area (Å²) >= 11 is 0. The van der Waals surface area contributed by atoms with Crippen LogP contribution in [0.15, 0.2) is 54.6 Å². The molecule has 1 aliphatic rings. The monoisotopic (exact) mass is 312 g/mol. The van der Waals surface area contributed by atoms with Gasteiger partial charge in [0.1, 0.15) is 0 Å². The Morgan fingerprint density at radius 1 is 0.818 bits per heavy atom. The Balaban J connectivity index is 0.000000211. The molecule has 2 aromatic carbocycles. The molecule has 3 rings (SSSR count). The van der Waals surface area contributed by atoms with E-state index in [1.165, 1.54) is 48.8 Å². The summed E-state index contributed by atoms with van der Waals surface area (Å²) in [5, 5.41) is 0. The average Bonchev–Trinajstić information content (AvgIpc) is 2.57. The van der Waals surface area contributed by atoms with Crippen molar-refractivity contribution in [1.82, 2.24) is 0 Å². The van der Waals surface area contributed by atoms with Crippen molar-refractivity contribution in [2.45, 2.75) is 57.5 Å². The van der Waals surface area contributed by atoms with Crippen LogP contribution in [0.4, 0.5) is 0 Å². The first kappa shape index (κ1) is 17.2. The van der Waals surface area contributed by atoms with E-state index in [0.29, 0.717) is 5.92 Å². The van der Waals surface area contributed by atoms with Gasteiger partial charge in [0.25, 0.3) is 0 Å². The molecule has 0 aliphatic heterocycles. The van der Waals surface area contributed by atoms with E-state index in [0.717, 1.165) is 5.66 Å². The third-order valence-electron chi connectivity index (χ3n) is 4.32. The first-order valence-electron chi connectivity index (χ1n) is 8.58. The highest BCUT2D eigenvalue weighted by Gasteiger charge is 2.07. The molecular weight excluding hydrogens is 283 g/mol. The zero-order chi connectivity index (χ0) is 15.8. The zero-order valence-electron chi connectivity index (χ0n) is 14.0. The smallest absolute Gasteiger partial charge is 0.0149 e. The third-order valence-corrected chi connectivity index (χ3v) is 4.98. The third kappa shape index (κ3) is 5.25. The van der Waals surface area contributed by atoms with Gasteiger partial charge in [0.2, 0.25) is 0 Å². The van der Waals surface area contributed by atoms with Crippen molar-refractivity contribution in [3.05, 3.63) is 60.2 Å². The topological polar surface area (TPSA) is 0 Å². The summed E-state index contributed by atoms with van der Waals surface area (Å²) in [7, 11) is 2.91. The Labute approximate surface area is 138 Å². The fourth-order valence-corrected chi connectivity index (χ4v) is 3.49. The van der Waals surface area contributed by atoms with Crippen molar-refractivity contribution in [2.75, 3.05) is 0 Å². The Kier molecular flexibility index (Phi) is 7.13. The minimum atomic E-state index is 0.571. The van der Waals surface area contributed by atoms with Gasteiger partial charge in [-0.3, -0.25) is 0 Å². The molecule has 0 heterocycles. The first-order valence-corrected chi connectivity index (χ1v) is 9.25. The Morgan fingerprint density at radius 2 is 1.41 bits per heavy atom. The van der Waals surface area contributed by atoms with E-state index < -0.39 is 0 Å². The Bertz CT molecular complexity index is 539. The second-order valence-corrected chi connectivity index (χ2v) is 7.45. The van der Waals surface area contributed by atoms with Gasteiger partial charge in [0, 0.05) is 0 Å². The molecule has 1 atom stereocenters. The van der Waals surface area contributed by atoms with Gasteiger partial charge in [-0.1, -0.05) is 87.7 Å². The molecule has 0 aromatic heterocycles. The lowest BCUT2D eigenvalue weighted by molar-refractivity contribution is 0.516. The van der Waals surface area contributed by atoms with Crippen LogP contribution in [0.3, 0.4) is 0 Å². The molecule has 1 unspecified atom stereocenters. The van der Waals surface area contributed by atoms with E-state index in [4.69, 9.17) is 0 Å². The molecule has 118 valence electrons. The Hall–Kier alpha value is -1.13. The van der Waals surface area contributed by atoms with Gasteiger partial charge in [0.05, 0.1) is 0 Å². The SMILES string of the molecule is CC(C)c1ccccc1-c1ccccc1.PC1CCCCC1. The van der Waals surface area contributed by atoms with E-state index in [2.05, 4.69) is 77.7 Å². The molecule has 1 fully saturated rings. The second-order valence-electron chi connectivity index (χ2n) is 6.51. The van der Waals surface area contributed by atoms with Gasteiger partial charge in [0.15, 0.2) is 0 Å². The largest absolute Gasteiger partial charge is 0.134 e. The molecule has 1 saturated carbocycles. The van der Waals surface area contributed by atoms with Gasteiger partial charge >= 0.3 is 0 Å². The molecule has 1 aliphatic carbocycles. The molecule has 1 heteroatoms. The standard InChI is InChI=1S/C15H16.C6H13P/c1-12(2)14-10-6-7-11-15(14)13-8-4-3-5-9-13;7-6-4-2-1-3-5-6/h3-12H,1-2H3;6H,1-5,7H2. The van der Waals surface area contributed by atoms with Crippen LogP contribution < -0.4 is 0 Å². The number of hydrogen-bond acceptors (Lipinski definition) is 0. The van der Waals surface area contributed by atoms with E-state index in [-0.39, 0.29) is 0 Å². The van der Waals surface area contributed by atoms with Gasteiger partial charge in [-0.15, -0.1) is 9.24 Å². The van der Waals surface area contributed by atoms with E-state index in [9.17, 15) is 0 Å². The normalized spacial score (nSPS) is 15.3. The van der Waals surface area contributed by atoms with Crippen molar-refractivity contribution in [1.29, 1.82) is 0 Å². The van der Waals surface area contributed by atoms with Crippen LogP contribution in [0.5, 0.6) is 0 Å². The summed E-state index contributed by atoms with van der Waals surface area (Å²) in [5.74, 6) is 0.571. The van der Waals surface area contributed by atoms with Gasteiger partial charge < -0.3 is 0 Å². The van der Waals surface area contributed by atoms with Gasteiger partial charge in [-0.05, 0) is 41.1 Å². The summed E-state index contributed by atoms with van der Waals surface area (Å²) < 4.78 is 0. The summed E-state index contributed by atoms with van der Waals surface area (Å²) in [4.78, 5) is 0. The maximum atomic E-state index is 2.91. The summed E-state index contributed by atoms with van der Waals surface area (Å²) in [6.07, 6.45) is 7.31. The minimum absolute atomic E-state index is 0.571. The highest BCUT2D eigenvalue weighted by atomic mass is 31.0. The average molecular weight is 312 g/mol. The molecule has 0 amide bonds. The summed E-state index contributed by atoms with van der Waals surface area (Å²) in [6, 6.07) is 19.2. The highest BCUT2D eigenvalue weighted by molar-refractivity contribution is 7.17. The molecule has 0 bridgehead atoms. The Morgan fingerprint density at radius 3 is 1.95 bits per heavy atom. The molecule has 0 radical (unpaired) electrons. The molecule has 0 nitrogen and oxygen atoms in total. The maximum absolute atomic E-state index is 2.91. The lowest BCUT2D eigenvalue weighted by Crippen LogP contribution is -2.02. The number of hydrogen-bond donors (Lipinski definition) is 0. The van der Waals surface area contributed by atoms with Gasteiger partial charge in [-0.2, -0.15) is 0 Å². The van der Waals surface area contributed by atoms with Crippen molar-refractivity contribution in [3.8, 4) is 11.1 Å². The van der Waals surface area contributed by atoms with Crippen LogP contribution in [0.2, 0.25) is 0 Å². The predicted molar refractivity (Wildman–Crippen MR) is 103 cm³/mol. The molecule has 0 spiro atoms. The van der Waals surface area contributed by atoms with Crippen molar-refractivity contribution in [2.24, 2.45) is 0 Å². The van der Waals surface area contributed by atoms with Crippen LogP contribution in [0, 0.1) is 0 Å². The molecule has 0 N–H and O–H groups in total. The van der Waals surface area contributed by atoms with Crippen LogP contribution in [0.1, 0.15) is 57.4 Å². The van der Waals surface area contributed by atoms with E-state index in [1.807, 2.05) is 0 Å². The minimum Gasteiger partial charge on any atom is -0.134 e. The maximum Gasteiger partial charge on any atom is -0.0149 e. The van der Waals surface area contributed by atoms with Crippen LogP contribution in [-0.2, 0) is 0 Å². The van der Waals surface area contributed by atoms with E-state index in [1.54, 1.807) is 0 Å². The van der Waals surface area contributed by atoms with Crippen molar-refractivity contribution < 1.29 is 0 Å².